The number of nitrogens with one attached hydrogen (secondary N) is 1. The number of carbonyl (C=O) groups is 1. The van der Waals surface area contributed by atoms with E-state index in [9.17, 15) is 9.90 Å². The summed E-state index contributed by atoms with van der Waals surface area (Å²) in [6, 6.07) is 11.7. The molecule has 2 N–H and O–H groups in total. The van der Waals surface area contributed by atoms with Crippen molar-refractivity contribution in [1.82, 2.24) is 4.98 Å². The molecule has 2 atom stereocenters. The normalized spacial score (nSPS) is 22.3. The highest BCUT2D eigenvalue weighted by atomic mass is 16.5. The van der Waals surface area contributed by atoms with Crippen LogP contribution in [0.25, 0.3) is 5.57 Å². The summed E-state index contributed by atoms with van der Waals surface area (Å²) in [7, 11) is 0. The maximum Gasteiger partial charge on any atom is 0.337 e. The molecule has 6 nitrogen and oxygen atoms in total. The molecule has 4 heterocycles. The molecule has 2 unspecified atom stereocenters. The van der Waals surface area contributed by atoms with Crippen molar-refractivity contribution in [3.05, 3.63) is 81.1 Å². The maximum atomic E-state index is 12.3. The van der Waals surface area contributed by atoms with Crippen molar-refractivity contribution >= 4 is 17.2 Å². The van der Waals surface area contributed by atoms with Crippen molar-refractivity contribution in [3.8, 4) is 11.5 Å². The van der Waals surface area contributed by atoms with Crippen LogP contribution in [0.3, 0.4) is 0 Å². The lowest BCUT2D eigenvalue weighted by atomic mass is 9.79. The third-order valence-corrected chi connectivity index (χ3v) is 7.89. The van der Waals surface area contributed by atoms with E-state index in [1.54, 1.807) is 18.3 Å². The fourth-order valence-electron chi connectivity index (χ4n) is 6.57. The van der Waals surface area contributed by atoms with E-state index in [-0.39, 0.29) is 16.6 Å². The molecular weight excluding hydrogens is 462 g/mol. The van der Waals surface area contributed by atoms with Crippen LogP contribution < -0.4 is 20.6 Å². The zero-order chi connectivity index (χ0) is 26.3. The summed E-state index contributed by atoms with van der Waals surface area (Å²) in [5, 5.41) is 15.5. The third kappa shape index (κ3) is 3.90. The van der Waals surface area contributed by atoms with E-state index in [1.807, 2.05) is 6.07 Å². The molecule has 190 valence electrons. The van der Waals surface area contributed by atoms with Crippen molar-refractivity contribution in [2.75, 3.05) is 5.32 Å². The number of carboxylic acid groups (broad SMARTS) is 1. The molecule has 0 saturated carbocycles. The first-order chi connectivity index (χ1) is 17.4. The van der Waals surface area contributed by atoms with Crippen LogP contribution in [-0.2, 0) is 0 Å². The van der Waals surface area contributed by atoms with E-state index >= 15 is 0 Å². The number of benzene rings is 2. The largest absolute Gasteiger partial charge is 0.478 e. The first-order valence-corrected chi connectivity index (χ1v) is 13.0. The summed E-state index contributed by atoms with van der Waals surface area (Å²) in [4.78, 5) is 21.9. The van der Waals surface area contributed by atoms with E-state index in [0.29, 0.717) is 29.0 Å². The van der Waals surface area contributed by atoms with Crippen molar-refractivity contribution in [2.45, 2.75) is 77.3 Å². The highest BCUT2D eigenvalue weighted by Crippen LogP contribution is 2.46. The number of carboxylic acids is 1. The van der Waals surface area contributed by atoms with Crippen LogP contribution in [-0.4, -0.2) is 27.1 Å². The predicted octanol–water partition coefficient (Wildman–Crippen LogP) is 5.74. The fraction of sp³-hybridized carbons (Fsp3) is 0.387. The van der Waals surface area contributed by atoms with Gasteiger partial charge >= 0.3 is 5.97 Å². The molecule has 37 heavy (non-hydrogen) atoms. The molecule has 3 aliphatic rings. The molecule has 6 rings (SSSR count). The molecule has 0 amide bonds. The van der Waals surface area contributed by atoms with Crippen LogP contribution in [0.4, 0.5) is 5.69 Å². The van der Waals surface area contributed by atoms with E-state index in [2.05, 4.69) is 70.0 Å². The molecule has 3 aliphatic heterocycles. The minimum Gasteiger partial charge on any atom is -0.478 e. The van der Waals surface area contributed by atoms with Gasteiger partial charge in [0.1, 0.15) is 11.5 Å². The van der Waals surface area contributed by atoms with Gasteiger partial charge in [-0.2, -0.15) is 0 Å². The van der Waals surface area contributed by atoms with Crippen LogP contribution in [0.5, 0.6) is 11.5 Å². The minimum atomic E-state index is -0.997. The maximum absolute atomic E-state index is 12.3. The van der Waals surface area contributed by atoms with Crippen molar-refractivity contribution < 1.29 is 14.6 Å². The Bertz CT molecular complexity index is 1600. The first-order valence-electron chi connectivity index (χ1n) is 13.0. The number of aromatic nitrogens is 1. The lowest BCUT2D eigenvalue weighted by molar-refractivity contribution is 0.0696. The predicted molar refractivity (Wildman–Crippen MR) is 144 cm³/mol. The second-order valence-corrected chi connectivity index (χ2v) is 12.2. The second kappa shape index (κ2) is 7.91. The van der Waals surface area contributed by atoms with Crippen LogP contribution in [0, 0.1) is 0 Å². The van der Waals surface area contributed by atoms with E-state index in [0.717, 1.165) is 45.8 Å². The summed E-state index contributed by atoms with van der Waals surface area (Å²) in [5.41, 5.74) is 5.55. The summed E-state index contributed by atoms with van der Waals surface area (Å²) < 4.78 is 6.57. The second-order valence-electron chi connectivity index (χ2n) is 12.2. The van der Waals surface area contributed by atoms with E-state index in [1.165, 1.54) is 5.56 Å². The average Bonchev–Trinajstić information content (AvgIpc) is 2.79. The number of hydrogen-bond donors (Lipinski definition) is 2. The Hall–Kier alpha value is -3.67. The Labute approximate surface area is 217 Å². The van der Waals surface area contributed by atoms with Crippen LogP contribution in [0.2, 0.25) is 0 Å². The van der Waals surface area contributed by atoms with Gasteiger partial charge < -0.3 is 15.2 Å². The van der Waals surface area contributed by atoms with Gasteiger partial charge in [0.05, 0.1) is 22.2 Å². The van der Waals surface area contributed by atoms with Gasteiger partial charge in [0.2, 0.25) is 0 Å². The lowest BCUT2D eigenvalue weighted by Crippen LogP contribution is -2.37. The Morgan fingerprint density at radius 1 is 1.03 bits per heavy atom. The fourth-order valence-corrected chi connectivity index (χ4v) is 6.57. The molecule has 0 radical (unpaired) electrons. The van der Waals surface area contributed by atoms with Gasteiger partial charge in [-0.15, -0.1) is 0 Å². The first kappa shape index (κ1) is 23.7. The standard InChI is InChI=1S/C31H33N3O3/c1-16-14-30(3,4)33-23-12-25-21(10-19(16)23)27(28-18(29(35)36)8-7-9-32-28)22-11-20-17(2)15-31(5,6)34-24(20)13-26(22)37-25/h7-13,16-17,33H,14-15H2,1-6H3,(H,35,36). The zero-order valence-corrected chi connectivity index (χ0v) is 22.3. The van der Waals surface area contributed by atoms with Gasteiger partial charge in [0, 0.05) is 45.9 Å². The van der Waals surface area contributed by atoms with Crippen LogP contribution in [0.15, 0.2) is 47.6 Å². The van der Waals surface area contributed by atoms with Crippen LogP contribution in [0.1, 0.15) is 99.0 Å². The number of ether oxygens (including phenoxy) is 1. The smallest absolute Gasteiger partial charge is 0.337 e. The van der Waals surface area contributed by atoms with Gasteiger partial charge in [-0.1, -0.05) is 13.8 Å². The molecule has 1 aromatic heterocycles. The average molecular weight is 496 g/mol. The molecule has 0 spiro atoms. The Balaban J connectivity index is 1.71. The number of nitrogens with zero attached hydrogens (tertiary/aromatic N) is 2. The Morgan fingerprint density at radius 2 is 1.78 bits per heavy atom. The molecule has 0 bridgehead atoms. The topological polar surface area (TPSA) is 83.8 Å². The van der Waals surface area contributed by atoms with Crippen LogP contribution >= 0.6 is 0 Å². The molecule has 0 saturated heterocycles. The van der Waals surface area contributed by atoms with Crippen molar-refractivity contribution in [2.24, 2.45) is 4.99 Å². The highest BCUT2D eigenvalue weighted by molar-refractivity contribution is 5.97. The molecule has 2 aromatic carbocycles. The SMILES string of the molecule is CC1CC(C)(C)Nc2cc3c(cc21)C(c1ncccc1C(=O)O)=c1cc2c(cc1O3)=NC(C)(C)CC2C. The number of fused-ring (bicyclic) bond motifs is 4. The van der Waals surface area contributed by atoms with E-state index < -0.39 is 5.97 Å². The summed E-state index contributed by atoms with van der Waals surface area (Å²) >= 11 is 0. The number of pyridine rings is 1. The number of hydrogen-bond acceptors (Lipinski definition) is 5. The third-order valence-electron chi connectivity index (χ3n) is 7.89. The summed E-state index contributed by atoms with van der Waals surface area (Å²) in [6.45, 7) is 13.2. The van der Waals surface area contributed by atoms with Gasteiger partial charge in [0.25, 0.3) is 0 Å². The lowest BCUT2D eigenvalue weighted by Gasteiger charge is -2.38. The van der Waals surface area contributed by atoms with Gasteiger partial charge in [-0.3, -0.25) is 9.98 Å². The summed E-state index contributed by atoms with van der Waals surface area (Å²) in [5.74, 6) is 1.03. The molecule has 0 aliphatic carbocycles. The Kier molecular flexibility index (Phi) is 5.07. The van der Waals surface area contributed by atoms with Crippen molar-refractivity contribution in [1.29, 1.82) is 0 Å². The Morgan fingerprint density at radius 3 is 2.54 bits per heavy atom. The van der Waals surface area contributed by atoms with Crippen molar-refractivity contribution in [3.63, 3.8) is 0 Å². The molecule has 6 heteroatoms. The summed E-state index contributed by atoms with van der Waals surface area (Å²) in [6.07, 6.45) is 3.60. The number of aromatic carboxylic acids is 1. The molecule has 3 aromatic rings. The van der Waals surface area contributed by atoms with Gasteiger partial charge in [0.15, 0.2) is 0 Å². The van der Waals surface area contributed by atoms with E-state index in [4.69, 9.17) is 9.73 Å². The molecule has 0 fully saturated rings. The quantitative estimate of drug-likeness (QED) is 0.371. The van der Waals surface area contributed by atoms with Gasteiger partial charge in [-0.05, 0) is 87.8 Å². The minimum absolute atomic E-state index is 0.0308. The highest BCUT2D eigenvalue weighted by Gasteiger charge is 2.34. The van der Waals surface area contributed by atoms with Gasteiger partial charge in [-0.25, -0.2) is 4.79 Å². The molecular formula is C31H33N3O3. The zero-order valence-electron chi connectivity index (χ0n) is 22.3. The monoisotopic (exact) mass is 495 g/mol. The number of rotatable bonds is 2. The number of anilines is 1.